The molecule has 1 spiro atoms. The summed E-state index contributed by atoms with van der Waals surface area (Å²) in [5.74, 6) is -0.686. The fourth-order valence-electron chi connectivity index (χ4n) is 2.94. The first kappa shape index (κ1) is 11.6. The first-order chi connectivity index (χ1) is 8.54. The Morgan fingerprint density at radius 2 is 2.00 bits per heavy atom. The van der Waals surface area contributed by atoms with Crippen molar-refractivity contribution in [2.24, 2.45) is 5.41 Å². The Balaban J connectivity index is 1.84. The summed E-state index contributed by atoms with van der Waals surface area (Å²) in [5, 5.41) is 2.33. The summed E-state index contributed by atoms with van der Waals surface area (Å²) in [6.07, 6.45) is 2.95. The van der Waals surface area contributed by atoms with Crippen LogP contribution in [0.2, 0.25) is 0 Å². The van der Waals surface area contributed by atoms with Gasteiger partial charge in [-0.25, -0.2) is 4.79 Å². The van der Waals surface area contributed by atoms with Gasteiger partial charge in [-0.2, -0.15) is 0 Å². The molecule has 2 aliphatic heterocycles. The average Bonchev–Trinajstić information content (AvgIpc) is 3.08. The Kier molecular flexibility index (Phi) is 2.45. The summed E-state index contributed by atoms with van der Waals surface area (Å²) in [7, 11) is 1.98. The van der Waals surface area contributed by atoms with Crippen molar-refractivity contribution in [2.75, 3.05) is 20.1 Å². The SMILES string of the molecule is CN1CCCC(N2C(=O)NC(=O)C3(CC3)C2=O)C1. The van der Waals surface area contributed by atoms with Crippen molar-refractivity contribution >= 4 is 17.8 Å². The number of urea groups is 1. The van der Waals surface area contributed by atoms with Gasteiger partial charge in [0.15, 0.2) is 0 Å². The molecule has 0 bridgehead atoms. The van der Waals surface area contributed by atoms with Crippen LogP contribution in [0.1, 0.15) is 25.7 Å². The van der Waals surface area contributed by atoms with Crippen molar-refractivity contribution in [3.05, 3.63) is 0 Å². The second-order valence-electron chi connectivity index (χ2n) is 5.57. The van der Waals surface area contributed by atoms with E-state index in [1.807, 2.05) is 7.05 Å². The third kappa shape index (κ3) is 1.55. The van der Waals surface area contributed by atoms with E-state index in [1.54, 1.807) is 0 Å². The Bertz CT molecular complexity index is 430. The standard InChI is InChI=1S/C12H17N3O3/c1-14-6-2-3-8(7-14)15-10(17)12(4-5-12)9(16)13-11(15)18/h8H,2-7H2,1H3,(H,13,16,18). The van der Waals surface area contributed by atoms with Gasteiger partial charge < -0.3 is 4.90 Å². The van der Waals surface area contributed by atoms with Crippen LogP contribution in [0.5, 0.6) is 0 Å². The minimum atomic E-state index is -0.913. The van der Waals surface area contributed by atoms with Gasteiger partial charge in [0, 0.05) is 6.54 Å². The Hall–Kier alpha value is -1.43. The quantitative estimate of drug-likeness (QED) is 0.663. The predicted octanol–water partition coefficient (Wildman–Crippen LogP) is -0.0608. The molecular weight excluding hydrogens is 234 g/mol. The molecule has 1 atom stereocenters. The molecule has 6 nitrogen and oxygen atoms in total. The zero-order chi connectivity index (χ0) is 12.9. The molecule has 0 aromatic carbocycles. The molecule has 3 fully saturated rings. The second kappa shape index (κ2) is 3.78. The molecule has 0 radical (unpaired) electrons. The Morgan fingerprint density at radius 1 is 1.28 bits per heavy atom. The van der Waals surface area contributed by atoms with Crippen LogP contribution in [-0.4, -0.2) is 53.8 Å². The van der Waals surface area contributed by atoms with Crippen molar-refractivity contribution in [3.8, 4) is 0 Å². The maximum Gasteiger partial charge on any atom is 0.331 e. The van der Waals surface area contributed by atoms with Crippen LogP contribution in [0.3, 0.4) is 0 Å². The smallest absolute Gasteiger partial charge is 0.304 e. The molecular formula is C12H17N3O3. The molecule has 3 aliphatic rings. The van der Waals surface area contributed by atoms with Crippen molar-refractivity contribution in [1.29, 1.82) is 0 Å². The highest BCUT2D eigenvalue weighted by Crippen LogP contribution is 2.49. The number of likely N-dealkylation sites (N-methyl/N-ethyl adjacent to an activating group) is 1. The molecule has 0 aromatic rings. The summed E-state index contributed by atoms with van der Waals surface area (Å²) in [4.78, 5) is 39.4. The maximum absolute atomic E-state index is 12.4. The molecule has 1 saturated carbocycles. The van der Waals surface area contributed by atoms with Gasteiger partial charge in [0.2, 0.25) is 11.8 Å². The van der Waals surface area contributed by atoms with Gasteiger partial charge in [0.25, 0.3) is 0 Å². The van der Waals surface area contributed by atoms with Crippen LogP contribution in [0.4, 0.5) is 4.79 Å². The van der Waals surface area contributed by atoms with E-state index in [2.05, 4.69) is 10.2 Å². The van der Waals surface area contributed by atoms with Crippen molar-refractivity contribution in [3.63, 3.8) is 0 Å². The zero-order valence-corrected chi connectivity index (χ0v) is 10.4. The topological polar surface area (TPSA) is 69.7 Å². The van der Waals surface area contributed by atoms with E-state index < -0.39 is 17.4 Å². The maximum atomic E-state index is 12.4. The molecule has 6 heteroatoms. The number of rotatable bonds is 1. The van der Waals surface area contributed by atoms with E-state index in [0.717, 1.165) is 19.4 Å². The minimum Gasteiger partial charge on any atom is -0.304 e. The number of barbiturate groups is 1. The fraction of sp³-hybridized carbons (Fsp3) is 0.750. The molecule has 1 N–H and O–H groups in total. The first-order valence-electron chi connectivity index (χ1n) is 6.42. The van der Waals surface area contributed by atoms with E-state index in [0.29, 0.717) is 19.4 Å². The highest BCUT2D eigenvalue weighted by molar-refractivity contribution is 6.21. The van der Waals surface area contributed by atoms with Crippen LogP contribution in [0, 0.1) is 5.41 Å². The molecule has 0 aromatic heterocycles. The number of hydrogen-bond acceptors (Lipinski definition) is 4. The molecule has 2 heterocycles. The average molecular weight is 251 g/mol. The van der Waals surface area contributed by atoms with Crippen molar-refractivity contribution in [2.45, 2.75) is 31.7 Å². The lowest BCUT2D eigenvalue weighted by Gasteiger charge is -2.40. The molecule has 1 aliphatic carbocycles. The summed E-state index contributed by atoms with van der Waals surface area (Å²) in [5.41, 5.74) is -0.913. The lowest BCUT2D eigenvalue weighted by atomic mass is 9.97. The summed E-state index contributed by atoms with van der Waals surface area (Å²) >= 11 is 0. The number of carbonyl (C=O) groups is 3. The largest absolute Gasteiger partial charge is 0.331 e. The molecule has 18 heavy (non-hydrogen) atoms. The number of hydrogen-bond donors (Lipinski definition) is 1. The zero-order valence-electron chi connectivity index (χ0n) is 10.4. The van der Waals surface area contributed by atoms with Gasteiger partial charge >= 0.3 is 6.03 Å². The third-order valence-electron chi connectivity index (χ3n) is 4.22. The number of carbonyl (C=O) groups excluding carboxylic acids is 3. The van der Waals surface area contributed by atoms with E-state index >= 15 is 0 Å². The highest BCUT2D eigenvalue weighted by atomic mass is 16.2. The molecule has 4 amide bonds. The minimum absolute atomic E-state index is 0.0955. The first-order valence-corrected chi connectivity index (χ1v) is 6.42. The van der Waals surface area contributed by atoms with Gasteiger partial charge in [-0.15, -0.1) is 0 Å². The van der Waals surface area contributed by atoms with Gasteiger partial charge in [0.1, 0.15) is 5.41 Å². The van der Waals surface area contributed by atoms with Gasteiger partial charge in [-0.05, 0) is 39.3 Å². The normalized spacial score (nSPS) is 31.7. The third-order valence-corrected chi connectivity index (χ3v) is 4.22. The highest BCUT2D eigenvalue weighted by Gasteiger charge is 2.63. The van der Waals surface area contributed by atoms with Crippen molar-refractivity contribution < 1.29 is 14.4 Å². The predicted molar refractivity (Wildman–Crippen MR) is 62.6 cm³/mol. The summed E-state index contributed by atoms with van der Waals surface area (Å²) < 4.78 is 0. The van der Waals surface area contributed by atoms with E-state index in [4.69, 9.17) is 0 Å². The number of likely N-dealkylation sites (tertiary alicyclic amines) is 1. The summed E-state index contributed by atoms with van der Waals surface area (Å²) in [6, 6.07) is -0.635. The van der Waals surface area contributed by atoms with E-state index in [9.17, 15) is 14.4 Å². The second-order valence-corrected chi connectivity index (χ2v) is 5.57. The van der Waals surface area contributed by atoms with Crippen LogP contribution in [0.15, 0.2) is 0 Å². The van der Waals surface area contributed by atoms with Crippen molar-refractivity contribution in [1.82, 2.24) is 15.1 Å². The molecule has 1 unspecified atom stereocenters. The van der Waals surface area contributed by atoms with Crippen LogP contribution in [0.25, 0.3) is 0 Å². The van der Waals surface area contributed by atoms with E-state index in [1.165, 1.54) is 4.90 Å². The molecule has 3 rings (SSSR count). The number of imide groups is 2. The number of nitrogens with one attached hydrogen (secondary N) is 1. The summed E-state index contributed by atoms with van der Waals surface area (Å²) in [6.45, 7) is 1.69. The fourth-order valence-corrected chi connectivity index (χ4v) is 2.94. The molecule has 98 valence electrons. The lowest BCUT2D eigenvalue weighted by Crippen LogP contribution is -2.64. The van der Waals surface area contributed by atoms with Crippen LogP contribution in [-0.2, 0) is 9.59 Å². The van der Waals surface area contributed by atoms with Gasteiger partial charge in [-0.1, -0.05) is 0 Å². The molecule has 2 saturated heterocycles. The van der Waals surface area contributed by atoms with E-state index in [-0.39, 0.29) is 11.9 Å². The number of piperidine rings is 1. The number of nitrogens with zero attached hydrogens (tertiary/aromatic N) is 2. The van der Waals surface area contributed by atoms with Gasteiger partial charge in [0.05, 0.1) is 6.04 Å². The van der Waals surface area contributed by atoms with Crippen LogP contribution >= 0.6 is 0 Å². The van der Waals surface area contributed by atoms with Gasteiger partial charge in [-0.3, -0.25) is 19.8 Å². The Labute approximate surface area is 105 Å². The lowest BCUT2D eigenvalue weighted by molar-refractivity contribution is -0.146. The van der Waals surface area contributed by atoms with Crippen LogP contribution < -0.4 is 5.32 Å². The Morgan fingerprint density at radius 3 is 2.61 bits per heavy atom. The monoisotopic (exact) mass is 251 g/mol. The number of amides is 4.